The molecule has 0 N–H and O–H groups in total. The van der Waals surface area contributed by atoms with E-state index in [4.69, 9.17) is 0 Å². The third kappa shape index (κ3) is 5.13. The molecule has 0 aliphatic carbocycles. The van der Waals surface area contributed by atoms with Crippen LogP contribution in [0.15, 0.2) is 0 Å². The molecule has 0 radical (unpaired) electrons. The first-order valence-electron chi connectivity index (χ1n) is 4.46. The highest BCUT2D eigenvalue weighted by Crippen LogP contribution is 2.52. The van der Waals surface area contributed by atoms with Crippen molar-refractivity contribution in [2.75, 3.05) is 27.1 Å². The number of esters is 1. The van der Waals surface area contributed by atoms with Gasteiger partial charge in [0.25, 0.3) is 16.0 Å². The molecule has 0 spiro atoms. The third-order valence-corrected chi connectivity index (χ3v) is 4.14. The molecule has 0 aromatic rings. The molecule has 0 fully saturated rings. The standard InChI is InChI=1S/C7H15O8PS/c1-5-14-6(8)7(15-17(4,10)11)16(9,12-2)13-3/h7H,5H2,1-4H3. The van der Waals surface area contributed by atoms with Crippen molar-refractivity contribution in [3.63, 3.8) is 0 Å². The molecule has 0 saturated carbocycles. The van der Waals surface area contributed by atoms with Crippen LogP contribution in [0.3, 0.4) is 0 Å². The fourth-order valence-corrected chi connectivity index (χ4v) is 3.03. The first-order chi connectivity index (χ1) is 7.70. The lowest BCUT2D eigenvalue weighted by Gasteiger charge is -2.21. The number of hydrogen-bond acceptors (Lipinski definition) is 8. The predicted octanol–water partition coefficient (Wildman–Crippen LogP) is 0.338. The Hall–Kier alpha value is -0.470. The van der Waals surface area contributed by atoms with E-state index >= 15 is 0 Å². The van der Waals surface area contributed by atoms with Gasteiger partial charge in [-0.1, -0.05) is 0 Å². The molecule has 17 heavy (non-hydrogen) atoms. The molecule has 8 nitrogen and oxygen atoms in total. The maximum absolute atomic E-state index is 11.9. The van der Waals surface area contributed by atoms with Gasteiger partial charge < -0.3 is 13.8 Å². The van der Waals surface area contributed by atoms with Crippen LogP contribution >= 0.6 is 7.60 Å². The summed E-state index contributed by atoms with van der Waals surface area (Å²) in [4.78, 5) is 11.4. The van der Waals surface area contributed by atoms with Crippen molar-refractivity contribution in [2.24, 2.45) is 0 Å². The van der Waals surface area contributed by atoms with E-state index in [1.807, 2.05) is 0 Å². The van der Waals surface area contributed by atoms with Crippen molar-refractivity contribution < 1.29 is 35.7 Å². The number of hydrogen-bond donors (Lipinski definition) is 0. The average Bonchev–Trinajstić information content (AvgIpc) is 2.24. The number of carbonyl (C=O) groups excluding carboxylic acids is 1. The van der Waals surface area contributed by atoms with Gasteiger partial charge >= 0.3 is 13.6 Å². The minimum Gasteiger partial charge on any atom is -0.464 e. The Kier molecular flexibility index (Phi) is 6.28. The molecule has 102 valence electrons. The average molecular weight is 290 g/mol. The molecule has 0 aromatic heterocycles. The lowest BCUT2D eigenvalue weighted by Crippen LogP contribution is -2.30. The van der Waals surface area contributed by atoms with E-state index in [9.17, 15) is 17.8 Å². The van der Waals surface area contributed by atoms with Crippen LogP contribution in [0.1, 0.15) is 6.92 Å². The van der Waals surface area contributed by atoms with Crippen LogP contribution in [-0.4, -0.2) is 47.3 Å². The molecule has 0 bridgehead atoms. The topological polar surface area (TPSA) is 105 Å². The molecule has 1 atom stereocenters. The van der Waals surface area contributed by atoms with Gasteiger partial charge in [-0.15, -0.1) is 0 Å². The maximum Gasteiger partial charge on any atom is 0.371 e. The van der Waals surface area contributed by atoms with Crippen molar-refractivity contribution >= 4 is 23.7 Å². The highest BCUT2D eigenvalue weighted by atomic mass is 32.2. The van der Waals surface area contributed by atoms with Crippen LogP contribution < -0.4 is 0 Å². The van der Waals surface area contributed by atoms with E-state index in [1.165, 1.54) is 6.92 Å². The van der Waals surface area contributed by atoms with Gasteiger partial charge in [0.15, 0.2) is 0 Å². The molecule has 1 unspecified atom stereocenters. The number of ether oxygens (including phenoxy) is 1. The van der Waals surface area contributed by atoms with Crippen LogP contribution in [0.2, 0.25) is 0 Å². The van der Waals surface area contributed by atoms with Gasteiger partial charge in [-0.3, -0.25) is 4.57 Å². The number of carbonyl (C=O) groups is 1. The smallest absolute Gasteiger partial charge is 0.371 e. The number of rotatable bonds is 7. The summed E-state index contributed by atoms with van der Waals surface area (Å²) in [6, 6.07) is 0. The third-order valence-electron chi connectivity index (χ3n) is 1.55. The summed E-state index contributed by atoms with van der Waals surface area (Å²) in [5.74, 6) is -3.10. The fourth-order valence-electron chi connectivity index (χ4n) is 0.866. The second-order valence-corrected chi connectivity index (χ2v) is 6.69. The van der Waals surface area contributed by atoms with Gasteiger partial charge in [0.1, 0.15) is 0 Å². The summed E-state index contributed by atoms with van der Waals surface area (Å²) in [7, 11) is -6.07. The lowest BCUT2D eigenvalue weighted by molar-refractivity contribution is -0.148. The van der Waals surface area contributed by atoms with Gasteiger partial charge in [0, 0.05) is 14.2 Å². The molecular weight excluding hydrogens is 275 g/mol. The molecule has 0 rings (SSSR count). The van der Waals surface area contributed by atoms with Crippen molar-refractivity contribution in [1.82, 2.24) is 0 Å². The van der Waals surface area contributed by atoms with E-state index in [1.54, 1.807) is 0 Å². The van der Waals surface area contributed by atoms with Crippen molar-refractivity contribution in [2.45, 2.75) is 12.8 Å². The Morgan fingerprint density at radius 1 is 1.29 bits per heavy atom. The summed E-state index contributed by atoms with van der Waals surface area (Å²) >= 11 is 0. The van der Waals surface area contributed by atoms with E-state index in [0.29, 0.717) is 6.26 Å². The minimum absolute atomic E-state index is 0.0319. The highest BCUT2D eigenvalue weighted by molar-refractivity contribution is 7.86. The van der Waals surface area contributed by atoms with Gasteiger partial charge in [-0.05, 0) is 6.92 Å². The van der Waals surface area contributed by atoms with Crippen LogP contribution in [0.25, 0.3) is 0 Å². The molecule has 0 aromatic carbocycles. The van der Waals surface area contributed by atoms with E-state index in [0.717, 1.165) is 14.2 Å². The summed E-state index contributed by atoms with van der Waals surface area (Å²) in [5, 5.41) is 0. The molecular formula is C7H15O8PS. The second kappa shape index (κ2) is 6.46. The zero-order valence-corrected chi connectivity index (χ0v) is 11.6. The monoisotopic (exact) mass is 290 g/mol. The van der Waals surface area contributed by atoms with Crippen molar-refractivity contribution in [3.05, 3.63) is 0 Å². The zero-order chi connectivity index (χ0) is 13.7. The Labute approximate surface area is 99.8 Å². The maximum atomic E-state index is 11.9. The Bertz CT molecular complexity index is 394. The molecule has 0 aliphatic rings. The predicted molar refractivity (Wildman–Crippen MR) is 58.0 cm³/mol. The van der Waals surface area contributed by atoms with E-state index < -0.39 is 29.5 Å². The van der Waals surface area contributed by atoms with Gasteiger partial charge in [-0.25, -0.2) is 8.98 Å². The van der Waals surface area contributed by atoms with Gasteiger partial charge in [0.05, 0.1) is 12.9 Å². The fraction of sp³-hybridized carbons (Fsp3) is 0.857. The van der Waals surface area contributed by atoms with E-state index in [-0.39, 0.29) is 6.61 Å². The molecule has 0 amide bonds. The molecule has 0 heterocycles. The SMILES string of the molecule is CCOC(=O)C(OS(C)(=O)=O)P(=O)(OC)OC. The van der Waals surface area contributed by atoms with Crippen LogP contribution in [-0.2, 0) is 37.4 Å². The largest absolute Gasteiger partial charge is 0.464 e. The van der Waals surface area contributed by atoms with Crippen LogP contribution in [0, 0.1) is 0 Å². The second-order valence-electron chi connectivity index (χ2n) is 2.81. The van der Waals surface area contributed by atoms with Crippen LogP contribution in [0.4, 0.5) is 0 Å². The highest BCUT2D eigenvalue weighted by Gasteiger charge is 2.45. The van der Waals surface area contributed by atoms with Crippen LogP contribution in [0.5, 0.6) is 0 Å². The summed E-state index contributed by atoms with van der Waals surface area (Å²) < 4.78 is 51.8. The molecule has 10 heteroatoms. The first-order valence-corrected chi connectivity index (χ1v) is 7.89. The Morgan fingerprint density at radius 3 is 2.06 bits per heavy atom. The van der Waals surface area contributed by atoms with Crippen molar-refractivity contribution in [3.8, 4) is 0 Å². The first kappa shape index (κ1) is 16.5. The summed E-state index contributed by atoms with van der Waals surface area (Å²) in [6.07, 6.45) is 0.703. The zero-order valence-electron chi connectivity index (χ0n) is 9.91. The van der Waals surface area contributed by atoms with E-state index in [2.05, 4.69) is 18.0 Å². The molecule has 0 aliphatic heterocycles. The Balaban J connectivity index is 5.24. The van der Waals surface area contributed by atoms with Gasteiger partial charge in [-0.2, -0.15) is 8.42 Å². The van der Waals surface area contributed by atoms with Crippen molar-refractivity contribution in [1.29, 1.82) is 0 Å². The Morgan fingerprint density at radius 2 is 1.76 bits per heavy atom. The normalized spacial score (nSPS) is 14.4. The minimum atomic E-state index is -4.05. The summed E-state index contributed by atoms with van der Waals surface area (Å²) in [5.41, 5.74) is 0. The van der Waals surface area contributed by atoms with Gasteiger partial charge in [0.2, 0.25) is 0 Å². The lowest BCUT2D eigenvalue weighted by atomic mass is 10.7. The quantitative estimate of drug-likeness (QED) is 0.375. The molecule has 0 saturated heterocycles. The summed E-state index contributed by atoms with van der Waals surface area (Å²) in [6.45, 7) is 1.47.